The highest BCUT2D eigenvalue weighted by atomic mass is 32.2. The van der Waals surface area contributed by atoms with Gasteiger partial charge in [-0.3, -0.25) is 23.6 Å². The van der Waals surface area contributed by atoms with Crippen LogP contribution in [-0.2, 0) is 41.6 Å². The number of benzene rings is 4. The molecule has 15 heteroatoms. The number of hydrogen-bond acceptors (Lipinski definition) is 11. The van der Waals surface area contributed by atoms with Crippen LogP contribution in [0.3, 0.4) is 0 Å². The monoisotopic (exact) mass is 855 g/mol. The van der Waals surface area contributed by atoms with Crippen LogP contribution >= 0.6 is 38.7 Å². The van der Waals surface area contributed by atoms with E-state index in [1.807, 2.05) is 84.9 Å². The van der Waals surface area contributed by atoms with Gasteiger partial charge in [-0.1, -0.05) is 109 Å². The first-order chi connectivity index (χ1) is 27.6. The molecule has 0 aromatic heterocycles. The van der Waals surface area contributed by atoms with Gasteiger partial charge in [-0.2, -0.15) is 0 Å². The van der Waals surface area contributed by atoms with E-state index in [1.165, 1.54) is 0 Å². The number of amides is 2. The van der Waals surface area contributed by atoms with Crippen LogP contribution in [0.15, 0.2) is 126 Å². The average Bonchev–Trinajstić information content (AvgIpc) is 3.22. The van der Waals surface area contributed by atoms with E-state index in [9.17, 15) is 18.7 Å². The first-order valence-electron chi connectivity index (χ1n) is 19.2. The summed E-state index contributed by atoms with van der Waals surface area (Å²) < 4.78 is 50.0. The Morgan fingerprint density at radius 1 is 0.614 bits per heavy atom. The maximum absolute atomic E-state index is 14.2. The third-order valence-corrected chi connectivity index (χ3v) is 16.7. The van der Waals surface area contributed by atoms with Crippen molar-refractivity contribution in [3.05, 3.63) is 138 Å². The molecule has 0 unspecified atom stereocenters. The molecule has 0 spiro atoms. The van der Waals surface area contributed by atoms with E-state index in [1.54, 1.807) is 56.1 Å². The molecule has 0 fully saturated rings. The van der Waals surface area contributed by atoms with Gasteiger partial charge in [0.15, 0.2) is 0 Å². The second-order valence-corrected chi connectivity index (χ2v) is 19.7. The Morgan fingerprint density at radius 2 is 1.02 bits per heavy atom. The van der Waals surface area contributed by atoms with Crippen molar-refractivity contribution >= 4 is 50.5 Å². The molecule has 0 bridgehead atoms. The van der Waals surface area contributed by atoms with E-state index < -0.39 is 31.4 Å². The van der Waals surface area contributed by atoms with Crippen molar-refractivity contribution in [2.45, 2.75) is 42.9 Å². The number of rotatable bonds is 26. The minimum Gasteiger partial charge on any atom is -0.354 e. The van der Waals surface area contributed by atoms with Crippen molar-refractivity contribution in [1.82, 2.24) is 15.5 Å². The Bertz CT molecular complexity index is 1730. The molecule has 2 N–H and O–H groups in total. The van der Waals surface area contributed by atoms with Crippen LogP contribution < -0.4 is 10.6 Å². The molecule has 0 heterocycles. The number of thioether (sulfide) groups is 2. The zero-order chi connectivity index (χ0) is 41.0. The third kappa shape index (κ3) is 13.4. The minimum absolute atomic E-state index is 0.0417. The van der Waals surface area contributed by atoms with Gasteiger partial charge >= 0.3 is 15.2 Å². The van der Waals surface area contributed by atoms with Crippen LogP contribution in [0.2, 0.25) is 0 Å². The summed E-state index contributed by atoms with van der Waals surface area (Å²) in [5, 5.41) is 5.64. The molecular formula is C42H55N3O8P2S2. The molecule has 4 rings (SSSR count). The van der Waals surface area contributed by atoms with Crippen molar-refractivity contribution in [3.8, 4) is 0 Å². The highest BCUT2D eigenvalue weighted by molar-refractivity contribution is 8.00. The summed E-state index contributed by atoms with van der Waals surface area (Å²) in [6, 6.07) is 40.7. The second kappa shape index (κ2) is 24.0. The maximum atomic E-state index is 14.2. The largest absolute Gasteiger partial charge is 0.365 e. The molecule has 4 aromatic carbocycles. The summed E-state index contributed by atoms with van der Waals surface area (Å²) in [5.74, 6) is 0.244. The lowest BCUT2D eigenvalue weighted by molar-refractivity contribution is -0.125. The molecule has 308 valence electrons. The van der Waals surface area contributed by atoms with Crippen molar-refractivity contribution in [2.24, 2.45) is 0 Å². The Kier molecular flexibility index (Phi) is 19.6. The normalized spacial score (nSPS) is 12.2. The molecule has 11 nitrogen and oxygen atoms in total. The van der Waals surface area contributed by atoms with Gasteiger partial charge in [0.25, 0.3) is 0 Å². The summed E-state index contributed by atoms with van der Waals surface area (Å²) in [7, 11) is -8.55. The Labute approximate surface area is 346 Å². The molecule has 0 radical (unpaired) electrons. The number of carbonyl (C=O) groups is 2. The highest BCUT2D eigenvalue weighted by Gasteiger charge is 2.52. The van der Waals surface area contributed by atoms with Crippen LogP contribution in [0, 0.1) is 0 Å². The molecule has 0 saturated heterocycles. The number of nitrogens with zero attached hydrogens (tertiary/aromatic N) is 1. The molecule has 57 heavy (non-hydrogen) atoms. The van der Waals surface area contributed by atoms with E-state index in [-0.39, 0.29) is 45.4 Å². The summed E-state index contributed by atoms with van der Waals surface area (Å²) in [6.07, 6.45) is 0. The lowest BCUT2D eigenvalue weighted by Crippen LogP contribution is -2.46. The van der Waals surface area contributed by atoms with Crippen LogP contribution in [0.4, 0.5) is 0 Å². The summed E-state index contributed by atoms with van der Waals surface area (Å²) in [5.41, 5.74) is 1.51. The van der Waals surface area contributed by atoms with Gasteiger partial charge in [0, 0.05) is 29.5 Å². The molecule has 0 atom stereocenters. The zero-order valence-corrected chi connectivity index (χ0v) is 36.5. The number of hydrogen-bond donors (Lipinski definition) is 2. The first-order valence-corrected chi connectivity index (χ1v) is 24.4. The van der Waals surface area contributed by atoms with E-state index >= 15 is 0 Å². The smallest absolute Gasteiger partial charge is 0.354 e. The van der Waals surface area contributed by atoms with Gasteiger partial charge in [0.1, 0.15) is 0 Å². The van der Waals surface area contributed by atoms with Gasteiger partial charge in [-0.25, -0.2) is 0 Å². The van der Waals surface area contributed by atoms with Crippen LogP contribution in [0.25, 0.3) is 0 Å². The minimum atomic E-state index is -4.27. The van der Waals surface area contributed by atoms with E-state index in [2.05, 4.69) is 47.0 Å². The number of carbonyl (C=O) groups excluding carboxylic acids is 2. The van der Waals surface area contributed by atoms with Crippen molar-refractivity contribution in [3.63, 3.8) is 0 Å². The van der Waals surface area contributed by atoms with Crippen molar-refractivity contribution in [2.75, 3.05) is 64.1 Å². The third-order valence-electron chi connectivity index (χ3n) is 8.56. The lowest BCUT2D eigenvalue weighted by atomic mass is 9.84. The van der Waals surface area contributed by atoms with E-state index in [4.69, 9.17) is 18.1 Å². The highest BCUT2D eigenvalue weighted by Crippen LogP contribution is 2.69. The van der Waals surface area contributed by atoms with E-state index in [0.29, 0.717) is 24.6 Å². The molecule has 4 aromatic rings. The van der Waals surface area contributed by atoms with Crippen LogP contribution in [0.1, 0.15) is 44.4 Å². The quantitative estimate of drug-likeness (QED) is 0.0272. The molecule has 0 aliphatic rings. The zero-order valence-electron chi connectivity index (χ0n) is 33.1. The molecule has 0 aliphatic carbocycles. The van der Waals surface area contributed by atoms with Gasteiger partial charge < -0.3 is 28.7 Å². The van der Waals surface area contributed by atoms with Gasteiger partial charge in [-0.05, 0) is 56.5 Å². The predicted octanol–water partition coefficient (Wildman–Crippen LogP) is 8.85. The lowest BCUT2D eigenvalue weighted by Gasteiger charge is -2.36. The Hall–Kier alpha value is -3.22. The Morgan fingerprint density at radius 3 is 1.44 bits per heavy atom. The van der Waals surface area contributed by atoms with Crippen molar-refractivity contribution < 1.29 is 36.8 Å². The Balaban J connectivity index is 1.63. The SMILES string of the molecule is CCOP(=O)(OCC)C(NC(=O)CN(CCSC(c1ccccc1)(c1ccccc1)c1ccccc1)CC(=O)NCCSc1ccccc1)P(=O)(OCC)OCC. The van der Waals surface area contributed by atoms with Crippen molar-refractivity contribution in [1.29, 1.82) is 0 Å². The van der Waals surface area contributed by atoms with Gasteiger partial charge in [0.2, 0.25) is 17.3 Å². The van der Waals surface area contributed by atoms with Crippen LogP contribution in [0.5, 0.6) is 0 Å². The van der Waals surface area contributed by atoms with Gasteiger partial charge in [-0.15, -0.1) is 23.5 Å². The average molecular weight is 856 g/mol. The fourth-order valence-electron chi connectivity index (χ4n) is 6.25. The van der Waals surface area contributed by atoms with E-state index in [0.717, 1.165) is 21.6 Å². The predicted molar refractivity (Wildman–Crippen MR) is 232 cm³/mol. The molecule has 0 aliphatic heterocycles. The first kappa shape index (κ1) is 46.5. The number of nitrogens with one attached hydrogen (secondary N) is 2. The topological polar surface area (TPSA) is 132 Å². The van der Waals surface area contributed by atoms with Crippen LogP contribution in [-0.4, -0.2) is 86.4 Å². The summed E-state index contributed by atoms with van der Waals surface area (Å²) in [6.45, 7) is 6.64. The maximum Gasteiger partial charge on any atom is 0.365 e. The van der Waals surface area contributed by atoms with Gasteiger partial charge in [0.05, 0.1) is 44.3 Å². The fraction of sp³-hybridized carbons (Fsp3) is 0.381. The summed E-state index contributed by atoms with van der Waals surface area (Å²) in [4.78, 5) is 30.3. The molecular weight excluding hydrogens is 801 g/mol. The molecule has 0 saturated carbocycles. The molecule has 2 amide bonds. The fourth-order valence-corrected chi connectivity index (χ4v) is 13.5. The standard InChI is InChI=1S/C42H55N3O8P2S2/c1-5-50-54(48,51-6-2)41(55(49,52-7-3)53-8-4)44-40(47)34-45(33-39(46)43-29-31-56-38-27-19-12-20-28-38)30-32-57-42(35-21-13-9-14-22-35,36-23-15-10-16-24-36)37-25-17-11-18-26-37/h9-28,41H,5-8,29-34H2,1-4H3,(H,43,46)(H,44,47). The second-order valence-electron chi connectivity index (χ2n) is 12.5. The summed E-state index contributed by atoms with van der Waals surface area (Å²) >= 11 is 3.33.